The Hall–Kier alpha value is -2.82. The quantitative estimate of drug-likeness (QED) is 0.305. The van der Waals surface area contributed by atoms with Crippen molar-refractivity contribution in [2.24, 2.45) is 0 Å². The Bertz CT molecular complexity index is 1210. The minimum atomic E-state index is -4.48. The van der Waals surface area contributed by atoms with E-state index in [2.05, 4.69) is 15.9 Å². The van der Waals surface area contributed by atoms with Gasteiger partial charge in [-0.2, -0.15) is 4.31 Å². The van der Waals surface area contributed by atoms with Gasteiger partial charge in [0, 0.05) is 46.4 Å². The van der Waals surface area contributed by atoms with E-state index in [4.69, 9.17) is 18.9 Å². The van der Waals surface area contributed by atoms with Gasteiger partial charge in [0.15, 0.2) is 0 Å². The predicted octanol–water partition coefficient (Wildman–Crippen LogP) is 5.48. The lowest BCUT2D eigenvalue weighted by molar-refractivity contribution is 0.335. The van der Waals surface area contributed by atoms with Crippen LogP contribution in [0.25, 0.3) is 0 Å². The van der Waals surface area contributed by atoms with E-state index in [0.29, 0.717) is 38.6 Å². The first-order chi connectivity index (χ1) is 16.7. The number of benzene rings is 3. The highest BCUT2D eigenvalue weighted by atomic mass is 79.9. The Labute approximate surface area is 213 Å². The number of sulfonamides is 1. The molecule has 3 aromatic rings. The van der Waals surface area contributed by atoms with Gasteiger partial charge in [-0.15, -0.1) is 0 Å². The number of hydrogen-bond acceptors (Lipinski definition) is 6. The second-order valence-corrected chi connectivity index (χ2v) is 10.4. The van der Waals surface area contributed by atoms with Crippen LogP contribution in [0.5, 0.6) is 23.0 Å². The van der Waals surface area contributed by atoms with Crippen molar-refractivity contribution >= 4 is 26.0 Å². The predicted molar refractivity (Wildman–Crippen MR) is 135 cm³/mol. The molecule has 1 unspecified atom stereocenters. The summed E-state index contributed by atoms with van der Waals surface area (Å²) in [7, 11) is 1.52. The molecule has 188 valence electrons. The molecule has 0 heterocycles. The lowest BCUT2D eigenvalue weighted by Gasteiger charge is -2.26. The zero-order chi connectivity index (χ0) is 25.6. The molecule has 35 heavy (non-hydrogen) atoms. The molecule has 0 amide bonds. The van der Waals surface area contributed by atoms with Crippen LogP contribution in [0.4, 0.5) is 4.39 Å². The zero-order valence-electron chi connectivity index (χ0n) is 19.8. The molecule has 0 spiro atoms. The summed E-state index contributed by atoms with van der Waals surface area (Å²) in [4.78, 5) is 0. The first-order valence-corrected chi connectivity index (χ1v) is 12.8. The van der Waals surface area contributed by atoms with Gasteiger partial charge in [0.05, 0.1) is 28.4 Å². The summed E-state index contributed by atoms with van der Waals surface area (Å²) in [5.74, 6) is 1.94. The van der Waals surface area contributed by atoms with Crippen LogP contribution in [0.1, 0.15) is 22.2 Å². The molecule has 10 heteroatoms. The molecule has 0 bridgehead atoms. The summed E-state index contributed by atoms with van der Waals surface area (Å²) in [5.41, 5.74) is -1.17. The fraction of sp³-hybridized carbons (Fsp3) is 0.280. The molecule has 0 aromatic heterocycles. The summed E-state index contributed by atoms with van der Waals surface area (Å²) in [5, 5.41) is 0. The maximum Gasteiger partial charge on any atom is 0.251 e. The van der Waals surface area contributed by atoms with Gasteiger partial charge in [-0.25, -0.2) is 12.8 Å². The van der Waals surface area contributed by atoms with Crippen LogP contribution in [-0.2, 0) is 23.1 Å². The maximum absolute atomic E-state index is 15.6. The molecule has 3 rings (SSSR count). The van der Waals surface area contributed by atoms with Gasteiger partial charge in [-0.3, -0.25) is 0 Å². The molecule has 1 atom stereocenters. The maximum atomic E-state index is 15.6. The zero-order valence-corrected chi connectivity index (χ0v) is 22.2. The van der Waals surface area contributed by atoms with E-state index < -0.39 is 15.5 Å². The number of rotatable bonds is 11. The van der Waals surface area contributed by atoms with E-state index in [1.165, 1.54) is 40.6 Å². The van der Waals surface area contributed by atoms with Gasteiger partial charge in [0.25, 0.3) is 10.0 Å². The SMILES string of the molecule is COc1ccc(CN(Cc2ccc(OC)cc2OC)S(=O)(=O)C(F)c2cccc(Br)c2)c(OC)c1. The molecular formula is C25H27BrFNO6S. The van der Waals surface area contributed by atoms with E-state index in [0.717, 1.165) is 4.31 Å². The first kappa shape index (κ1) is 26.8. The fourth-order valence-corrected chi connectivity index (χ4v) is 5.34. The molecule has 0 aliphatic carbocycles. The largest absolute Gasteiger partial charge is 0.497 e. The normalized spacial score (nSPS) is 12.3. The van der Waals surface area contributed by atoms with E-state index in [1.807, 2.05) is 0 Å². The lowest BCUT2D eigenvalue weighted by Crippen LogP contribution is -2.33. The Morgan fingerprint density at radius 1 is 0.800 bits per heavy atom. The van der Waals surface area contributed by atoms with E-state index in [9.17, 15) is 8.42 Å². The Morgan fingerprint density at radius 2 is 1.31 bits per heavy atom. The monoisotopic (exact) mass is 567 g/mol. The van der Waals surface area contributed by atoms with Gasteiger partial charge in [0.2, 0.25) is 5.50 Å². The standard InChI is InChI=1S/C25H27BrFNO6S/c1-31-21-10-8-18(23(13-21)33-3)15-28(16-19-9-11-22(32-2)14-24(19)34-4)35(29,30)25(27)17-6-5-7-20(26)12-17/h5-14,25H,15-16H2,1-4H3. The smallest absolute Gasteiger partial charge is 0.251 e. The molecule has 3 aromatic carbocycles. The van der Waals surface area contributed by atoms with Gasteiger partial charge in [-0.05, 0) is 24.3 Å². The topological polar surface area (TPSA) is 74.3 Å². The third-order valence-corrected chi connectivity index (χ3v) is 7.68. The van der Waals surface area contributed by atoms with Crippen molar-refractivity contribution in [1.82, 2.24) is 4.31 Å². The molecule has 7 nitrogen and oxygen atoms in total. The highest BCUT2D eigenvalue weighted by Gasteiger charge is 2.35. The van der Waals surface area contributed by atoms with Gasteiger partial charge in [0.1, 0.15) is 23.0 Å². The molecule has 0 aliphatic heterocycles. The minimum Gasteiger partial charge on any atom is -0.497 e. The van der Waals surface area contributed by atoms with Crippen molar-refractivity contribution < 1.29 is 31.8 Å². The molecule has 0 saturated carbocycles. The third-order valence-electron chi connectivity index (χ3n) is 5.41. The summed E-state index contributed by atoms with van der Waals surface area (Å²) in [6, 6.07) is 16.2. The average Bonchev–Trinajstić information content (AvgIpc) is 2.87. The van der Waals surface area contributed by atoms with Crippen molar-refractivity contribution in [3.63, 3.8) is 0 Å². The third kappa shape index (κ3) is 6.25. The van der Waals surface area contributed by atoms with Gasteiger partial charge >= 0.3 is 0 Å². The summed E-state index contributed by atoms with van der Waals surface area (Å²) >= 11 is 3.27. The number of ether oxygens (including phenoxy) is 4. The second kappa shape index (κ2) is 11.7. The van der Waals surface area contributed by atoms with Crippen molar-refractivity contribution in [3.05, 3.63) is 81.8 Å². The molecule has 0 fully saturated rings. The Kier molecular flexibility index (Phi) is 8.98. The van der Waals surface area contributed by atoms with Crippen LogP contribution < -0.4 is 18.9 Å². The summed E-state index contributed by atoms with van der Waals surface area (Å²) in [6.07, 6.45) is 0. The Balaban J connectivity index is 2.06. The molecule has 0 N–H and O–H groups in total. The van der Waals surface area contributed by atoms with Crippen LogP contribution >= 0.6 is 15.9 Å². The molecule has 0 saturated heterocycles. The van der Waals surface area contributed by atoms with E-state index in [-0.39, 0.29) is 18.7 Å². The van der Waals surface area contributed by atoms with Crippen LogP contribution in [0.2, 0.25) is 0 Å². The first-order valence-electron chi connectivity index (χ1n) is 10.5. The van der Waals surface area contributed by atoms with Gasteiger partial charge < -0.3 is 18.9 Å². The van der Waals surface area contributed by atoms with Crippen molar-refractivity contribution in [2.75, 3.05) is 28.4 Å². The number of methoxy groups -OCH3 is 4. The van der Waals surface area contributed by atoms with E-state index >= 15 is 4.39 Å². The van der Waals surface area contributed by atoms with Crippen LogP contribution in [0, 0.1) is 0 Å². The highest BCUT2D eigenvalue weighted by Crippen LogP contribution is 2.35. The van der Waals surface area contributed by atoms with Crippen molar-refractivity contribution in [1.29, 1.82) is 0 Å². The summed E-state index contributed by atoms with van der Waals surface area (Å²) < 4.78 is 65.8. The lowest BCUT2D eigenvalue weighted by atomic mass is 10.1. The number of hydrogen-bond donors (Lipinski definition) is 0. The van der Waals surface area contributed by atoms with Crippen LogP contribution in [-0.4, -0.2) is 41.2 Å². The average molecular weight is 568 g/mol. The minimum absolute atomic E-state index is 0.0211. The van der Waals surface area contributed by atoms with Crippen LogP contribution in [0.15, 0.2) is 65.1 Å². The van der Waals surface area contributed by atoms with E-state index in [1.54, 1.807) is 48.5 Å². The highest BCUT2D eigenvalue weighted by molar-refractivity contribution is 9.10. The van der Waals surface area contributed by atoms with Crippen molar-refractivity contribution in [3.8, 4) is 23.0 Å². The summed E-state index contributed by atoms with van der Waals surface area (Å²) in [6.45, 7) is -0.280. The van der Waals surface area contributed by atoms with Crippen molar-refractivity contribution in [2.45, 2.75) is 18.6 Å². The number of alkyl halides is 1. The molecule has 0 aliphatic rings. The van der Waals surface area contributed by atoms with Crippen LogP contribution in [0.3, 0.4) is 0 Å². The molecular weight excluding hydrogens is 541 g/mol. The Morgan fingerprint density at radius 3 is 1.74 bits per heavy atom. The molecule has 0 radical (unpaired) electrons. The second-order valence-electron chi connectivity index (χ2n) is 7.54. The fourth-order valence-electron chi connectivity index (χ4n) is 3.53. The number of halogens is 2. The number of nitrogens with zero attached hydrogens (tertiary/aromatic N) is 1. The van der Waals surface area contributed by atoms with Gasteiger partial charge in [-0.1, -0.05) is 40.2 Å².